The zero-order valence-electron chi connectivity index (χ0n) is 19.1. The maximum Gasteiger partial charge on any atom is 0.418 e. The van der Waals surface area contributed by atoms with E-state index < -0.39 is 17.6 Å². The van der Waals surface area contributed by atoms with Crippen LogP contribution in [-0.2, 0) is 6.18 Å². The molecule has 4 N–H and O–H groups in total. The highest BCUT2D eigenvalue weighted by Gasteiger charge is 2.34. The van der Waals surface area contributed by atoms with Crippen molar-refractivity contribution in [3.8, 4) is 0 Å². The van der Waals surface area contributed by atoms with E-state index in [1.54, 1.807) is 18.2 Å². The van der Waals surface area contributed by atoms with Crippen LogP contribution in [0.25, 0.3) is 0 Å². The van der Waals surface area contributed by atoms with Crippen LogP contribution in [0.1, 0.15) is 53.0 Å². The molecule has 1 heterocycles. The minimum Gasteiger partial charge on any atom is -0.356 e. The molecule has 0 saturated carbocycles. The molecular formula is C24H28F3N5O2. The minimum atomic E-state index is -4.70. The van der Waals surface area contributed by atoms with E-state index in [0.717, 1.165) is 18.9 Å². The first-order chi connectivity index (χ1) is 16.1. The van der Waals surface area contributed by atoms with Crippen molar-refractivity contribution in [3.05, 3.63) is 59.2 Å². The van der Waals surface area contributed by atoms with Gasteiger partial charge in [-0.25, -0.2) is 0 Å². The lowest BCUT2D eigenvalue weighted by Gasteiger charge is -2.18. The van der Waals surface area contributed by atoms with Crippen LogP contribution in [0.3, 0.4) is 0 Å². The van der Waals surface area contributed by atoms with Crippen molar-refractivity contribution in [3.63, 3.8) is 0 Å². The normalized spacial score (nSPS) is 13.6. The summed E-state index contributed by atoms with van der Waals surface area (Å²) in [7, 11) is 0. The lowest BCUT2D eigenvalue weighted by Crippen LogP contribution is -2.43. The first kappa shape index (κ1) is 25.1. The van der Waals surface area contributed by atoms with Crippen LogP contribution in [0.4, 0.5) is 24.5 Å². The number of nitrogens with zero attached hydrogens (tertiary/aromatic N) is 1. The standard InChI is InChI=1S/C24H28F3N5O2/c1-15(2)9-12-28-21(33)16-5-3-6-18(13-16)31-20-8-7-17(14-19(20)24(25,26)27)22(34)32-23-29-10-4-11-30-23/h3,5-8,13-15,31H,4,9-12H2,1-2H3,(H,28,33)(H2,29,30,32,34). The zero-order chi connectivity index (χ0) is 24.7. The fourth-order valence-corrected chi connectivity index (χ4v) is 3.30. The lowest BCUT2D eigenvalue weighted by atomic mass is 10.1. The number of guanidine groups is 1. The second-order valence-electron chi connectivity index (χ2n) is 8.37. The Labute approximate surface area is 196 Å². The average molecular weight is 476 g/mol. The van der Waals surface area contributed by atoms with Gasteiger partial charge < -0.3 is 16.0 Å². The molecule has 0 fully saturated rings. The highest BCUT2D eigenvalue weighted by atomic mass is 19.4. The van der Waals surface area contributed by atoms with Crippen LogP contribution >= 0.6 is 0 Å². The van der Waals surface area contributed by atoms with Gasteiger partial charge in [0.05, 0.1) is 11.3 Å². The van der Waals surface area contributed by atoms with Crippen molar-refractivity contribution in [2.24, 2.45) is 10.9 Å². The van der Waals surface area contributed by atoms with Gasteiger partial charge in [-0.3, -0.25) is 19.9 Å². The first-order valence-electron chi connectivity index (χ1n) is 11.1. The highest BCUT2D eigenvalue weighted by molar-refractivity contribution is 6.06. The van der Waals surface area contributed by atoms with Crippen LogP contribution in [0, 0.1) is 5.92 Å². The first-order valence-corrected chi connectivity index (χ1v) is 11.1. The topological polar surface area (TPSA) is 94.6 Å². The Morgan fingerprint density at radius 3 is 2.53 bits per heavy atom. The van der Waals surface area contributed by atoms with Gasteiger partial charge in [0.25, 0.3) is 11.8 Å². The highest BCUT2D eigenvalue weighted by Crippen LogP contribution is 2.37. The van der Waals surface area contributed by atoms with E-state index in [1.807, 2.05) is 13.8 Å². The van der Waals surface area contributed by atoms with E-state index >= 15 is 0 Å². The van der Waals surface area contributed by atoms with Crippen LogP contribution in [0.2, 0.25) is 0 Å². The van der Waals surface area contributed by atoms with Gasteiger partial charge in [0.15, 0.2) is 5.96 Å². The predicted molar refractivity (Wildman–Crippen MR) is 125 cm³/mol. The third-order valence-electron chi connectivity index (χ3n) is 5.13. The number of alkyl halides is 3. The molecule has 7 nitrogen and oxygen atoms in total. The Kier molecular flexibility index (Phi) is 8.14. The van der Waals surface area contributed by atoms with Gasteiger partial charge in [-0.1, -0.05) is 19.9 Å². The molecule has 2 aromatic rings. The number of amides is 2. The summed E-state index contributed by atoms with van der Waals surface area (Å²) in [4.78, 5) is 28.9. The summed E-state index contributed by atoms with van der Waals surface area (Å²) >= 11 is 0. The summed E-state index contributed by atoms with van der Waals surface area (Å²) in [5.41, 5.74) is -0.717. The molecule has 1 aliphatic rings. The Bertz CT molecular complexity index is 1070. The molecule has 0 aromatic heterocycles. The number of carbonyl (C=O) groups is 2. The fraction of sp³-hybridized carbons (Fsp3) is 0.375. The summed E-state index contributed by atoms with van der Waals surface area (Å²) in [5.74, 6) is -0.307. The number of benzene rings is 2. The molecule has 2 amide bonds. The molecule has 0 bridgehead atoms. The lowest BCUT2D eigenvalue weighted by molar-refractivity contribution is -0.136. The van der Waals surface area contributed by atoms with Gasteiger partial charge in [0.1, 0.15) is 0 Å². The van der Waals surface area contributed by atoms with E-state index in [4.69, 9.17) is 0 Å². The predicted octanol–water partition coefficient (Wildman–Crippen LogP) is 4.30. The summed E-state index contributed by atoms with van der Waals surface area (Å²) < 4.78 is 41.4. The Balaban J connectivity index is 1.78. The number of carbonyl (C=O) groups excluding carboxylic acids is 2. The number of nitrogens with one attached hydrogen (secondary N) is 4. The van der Waals surface area contributed by atoms with Crippen molar-refractivity contribution < 1.29 is 22.8 Å². The summed E-state index contributed by atoms with van der Waals surface area (Å²) in [5, 5.41) is 10.9. The number of aliphatic imine (C=N–C) groups is 1. The van der Waals surface area contributed by atoms with Crippen molar-refractivity contribution in [1.29, 1.82) is 0 Å². The van der Waals surface area contributed by atoms with E-state index in [0.29, 0.717) is 36.8 Å². The zero-order valence-corrected chi connectivity index (χ0v) is 19.1. The van der Waals surface area contributed by atoms with Gasteiger partial charge in [-0.2, -0.15) is 13.2 Å². The van der Waals surface area contributed by atoms with Gasteiger partial charge in [0, 0.05) is 36.4 Å². The van der Waals surface area contributed by atoms with Gasteiger partial charge in [-0.15, -0.1) is 0 Å². The number of anilines is 2. The van der Waals surface area contributed by atoms with Gasteiger partial charge >= 0.3 is 6.18 Å². The minimum absolute atomic E-state index is 0.147. The molecule has 182 valence electrons. The number of halogens is 3. The third-order valence-corrected chi connectivity index (χ3v) is 5.13. The van der Waals surface area contributed by atoms with Crippen molar-refractivity contribution >= 4 is 29.1 Å². The van der Waals surface area contributed by atoms with Crippen molar-refractivity contribution in [2.75, 3.05) is 25.0 Å². The largest absolute Gasteiger partial charge is 0.418 e. The molecule has 3 rings (SSSR count). The van der Waals surface area contributed by atoms with E-state index in [2.05, 4.69) is 26.3 Å². The Morgan fingerprint density at radius 1 is 1.09 bits per heavy atom. The second-order valence-corrected chi connectivity index (χ2v) is 8.37. The Morgan fingerprint density at radius 2 is 1.85 bits per heavy atom. The van der Waals surface area contributed by atoms with Crippen LogP contribution < -0.4 is 21.3 Å². The van der Waals surface area contributed by atoms with Crippen LogP contribution in [0.15, 0.2) is 47.5 Å². The van der Waals surface area contributed by atoms with E-state index in [-0.39, 0.29) is 23.1 Å². The molecule has 0 aliphatic carbocycles. The number of hydrogen-bond acceptors (Lipinski definition) is 5. The third kappa shape index (κ3) is 6.97. The molecule has 10 heteroatoms. The molecule has 0 radical (unpaired) electrons. The quantitative estimate of drug-likeness (QED) is 0.480. The van der Waals surface area contributed by atoms with Gasteiger partial charge in [-0.05, 0) is 55.2 Å². The second kappa shape index (κ2) is 11.0. The molecule has 34 heavy (non-hydrogen) atoms. The van der Waals surface area contributed by atoms with Crippen LogP contribution in [-0.4, -0.2) is 37.4 Å². The summed E-state index contributed by atoms with van der Waals surface area (Å²) in [6.07, 6.45) is -3.06. The smallest absolute Gasteiger partial charge is 0.356 e. The monoisotopic (exact) mass is 475 g/mol. The molecule has 2 aromatic carbocycles. The van der Waals surface area contributed by atoms with E-state index in [1.165, 1.54) is 18.2 Å². The number of hydrogen-bond donors (Lipinski definition) is 4. The molecule has 0 unspecified atom stereocenters. The maximum absolute atomic E-state index is 13.8. The van der Waals surface area contributed by atoms with Crippen molar-refractivity contribution in [1.82, 2.24) is 16.0 Å². The molecular weight excluding hydrogens is 447 g/mol. The summed E-state index contributed by atoms with van der Waals surface area (Å²) in [6.45, 7) is 5.77. The SMILES string of the molecule is CC(C)CCNC(=O)c1cccc(Nc2ccc(C(=O)NC3=NCCCN3)cc2C(F)(F)F)c1. The number of rotatable bonds is 7. The Hall–Kier alpha value is -3.56. The average Bonchev–Trinajstić information content (AvgIpc) is 2.79. The fourth-order valence-electron chi connectivity index (χ4n) is 3.30. The van der Waals surface area contributed by atoms with E-state index in [9.17, 15) is 22.8 Å². The molecule has 0 spiro atoms. The maximum atomic E-state index is 13.8. The van der Waals surface area contributed by atoms with Crippen molar-refractivity contribution in [2.45, 2.75) is 32.9 Å². The summed E-state index contributed by atoms with van der Waals surface area (Å²) in [6, 6.07) is 9.53. The molecule has 0 atom stereocenters. The van der Waals surface area contributed by atoms with Gasteiger partial charge in [0.2, 0.25) is 0 Å². The molecule has 0 saturated heterocycles. The molecule has 1 aliphatic heterocycles. The van der Waals surface area contributed by atoms with Crippen LogP contribution in [0.5, 0.6) is 0 Å².